The van der Waals surface area contributed by atoms with Crippen molar-refractivity contribution in [2.45, 2.75) is 18.4 Å². The fourth-order valence-corrected chi connectivity index (χ4v) is 3.46. The van der Waals surface area contributed by atoms with E-state index in [2.05, 4.69) is 9.71 Å². The van der Waals surface area contributed by atoms with Crippen LogP contribution in [-0.2, 0) is 16.6 Å². The molecule has 0 aliphatic rings. The Bertz CT molecular complexity index is 1070. The number of hydrogen-bond donors (Lipinski definition) is 2. The van der Waals surface area contributed by atoms with Gasteiger partial charge in [0.15, 0.2) is 0 Å². The fourth-order valence-electron chi connectivity index (χ4n) is 2.46. The van der Waals surface area contributed by atoms with Gasteiger partial charge in [0.1, 0.15) is 5.75 Å². The monoisotopic (exact) mass is 358 g/mol. The summed E-state index contributed by atoms with van der Waals surface area (Å²) < 4.78 is 32.3. The fraction of sp³-hybridized carbons (Fsp3) is 0.167. The number of fused-ring (bicyclic) bond motifs is 1. The maximum atomic E-state index is 12.3. The number of aromatic nitrogens is 1. The number of aromatic amines is 1. The van der Waals surface area contributed by atoms with Gasteiger partial charge in [0.05, 0.1) is 17.5 Å². The van der Waals surface area contributed by atoms with Crippen molar-refractivity contribution in [2.75, 3.05) is 7.11 Å². The lowest BCUT2D eigenvalue weighted by Crippen LogP contribution is -2.26. The molecule has 0 saturated heterocycles. The SMILES string of the molecule is COc1ccc2cc(CNS(=O)(=O)c3ccc(C)cc3)c(=O)[nH]c2c1. The number of H-pyrrole nitrogens is 1. The molecule has 0 radical (unpaired) electrons. The lowest BCUT2D eigenvalue weighted by molar-refractivity contribution is 0.415. The molecule has 2 aromatic carbocycles. The molecule has 1 heterocycles. The van der Waals surface area contributed by atoms with Gasteiger partial charge in [-0.25, -0.2) is 13.1 Å². The maximum absolute atomic E-state index is 12.3. The van der Waals surface area contributed by atoms with Crippen LogP contribution in [-0.4, -0.2) is 20.5 Å². The number of rotatable bonds is 5. The van der Waals surface area contributed by atoms with Crippen LogP contribution in [0.5, 0.6) is 5.75 Å². The van der Waals surface area contributed by atoms with Crippen LogP contribution in [0.1, 0.15) is 11.1 Å². The highest BCUT2D eigenvalue weighted by Gasteiger charge is 2.14. The number of sulfonamides is 1. The van der Waals surface area contributed by atoms with Crippen molar-refractivity contribution in [1.29, 1.82) is 0 Å². The summed E-state index contributed by atoms with van der Waals surface area (Å²) in [5, 5.41) is 0.796. The molecule has 0 fully saturated rings. The number of pyridine rings is 1. The van der Waals surface area contributed by atoms with Gasteiger partial charge in [-0.05, 0) is 42.6 Å². The van der Waals surface area contributed by atoms with Gasteiger partial charge in [-0.1, -0.05) is 17.7 Å². The first-order chi connectivity index (χ1) is 11.9. The predicted octanol–water partition coefficient (Wildman–Crippen LogP) is 2.32. The number of methoxy groups -OCH3 is 1. The lowest BCUT2D eigenvalue weighted by Gasteiger charge is -2.08. The highest BCUT2D eigenvalue weighted by atomic mass is 32.2. The van der Waals surface area contributed by atoms with Gasteiger partial charge >= 0.3 is 0 Å². The standard InChI is InChI=1S/C18H18N2O4S/c1-12-3-7-16(8-4-12)25(22,23)19-11-14-9-13-5-6-15(24-2)10-17(13)20-18(14)21/h3-10,19H,11H2,1-2H3,(H,20,21). The van der Waals surface area contributed by atoms with E-state index in [9.17, 15) is 13.2 Å². The third-order valence-electron chi connectivity index (χ3n) is 3.91. The van der Waals surface area contributed by atoms with E-state index in [1.807, 2.05) is 13.0 Å². The van der Waals surface area contributed by atoms with Gasteiger partial charge < -0.3 is 9.72 Å². The quantitative estimate of drug-likeness (QED) is 0.733. The van der Waals surface area contributed by atoms with Crippen molar-refractivity contribution in [2.24, 2.45) is 0 Å². The molecule has 25 heavy (non-hydrogen) atoms. The summed E-state index contributed by atoms with van der Waals surface area (Å²) in [4.78, 5) is 15.1. The van der Waals surface area contributed by atoms with Gasteiger partial charge in [-0.3, -0.25) is 4.79 Å². The van der Waals surface area contributed by atoms with E-state index in [1.165, 1.54) is 12.1 Å². The van der Waals surface area contributed by atoms with Crippen molar-refractivity contribution in [1.82, 2.24) is 9.71 Å². The summed E-state index contributed by atoms with van der Waals surface area (Å²) in [6.07, 6.45) is 0. The average Bonchev–Trinajstić information content (AvgIpc) is 2.60. The molecule has 0 aliphatic heterocycles. The first-order valence-corrected chi connectivity index (χ1v) is 9.14. The van der Waals surface area contributed by atoms with Gasteiger partial charge in [0.25, 0.3) is 5.56 Å². The first kappa shape index (κ1) is 17.2. The molecule has 3 rings (SSSR count). The zero-order chi connectivity index (χ0) is 18.0. The van der Waals surface area contributed by atoms with E-state index in [0.29, 0.717) is 16.8 Å². The molecule has 2 N–H and O–H groups in total. The van der Waals surface area contributed by atoms with Gasteiger partial charge in [0.2, 0.25) is 10.0 Å². The summed E-state index contributed by atoms with van der Waals surface area (Å²) in [7, 11) is -2.13. The third-order valence-corrected chi connectivity index (χ3v) is 5.33. The molecule has 0 amide bonds. The molecule has 7 heteroatoms. The summed E-state index contributed by atoms with van der Waals surface area (Å²) in [6.45, 7) is 1.79. The molecule has 0 saturated carbocycles. The molecule has 1 aromatic heterocycles. The highest BCUT2D eigenvalue weighted by Crippen LogP contribution is 2.18. The topological polar surface area (TPSA) is 88.3 Å². The second kappa shape index (κ2) is 6.70. The Morgan fingerprint density at radius 3 is 2.48 bits per heavy atom. The summed E-state index contributed by atoms with van der Waals surface area (Å²) in [5.41, 5.74) is 1.61. The van der Waals surface area contributed by atoms with Crippen molar-refractivity contribution < 1.29 is 13.2 Å². The summed E-state index contributed by atoms with van der Waals surface area (Å²) >= 11 is 0. The normalized spacial score (nSPS) is 11.6. The van der Waals surface area contributed by atoms with Gasteiger partial charge in [-0.15, -0.1) is 0 Å². The number of nitrogens with one attached hydrogen (secondary N) is 2. The van der Waals surface area contributed by atoms with E-state index in [1.54, 1.807) is 37.4 Å². The Kier molecular flexibility index (Phi) is 4.61. The van der Waals surface area contributed by atoms with Crippen molar-refractivity contribution in [3.05, 3.63) is 70.0 Å². The van der Waals surface area contributed by atoms with Gasteiger partial charge in [0, 0.05) is 18.2 Å². The molecular formula is C18H18N2O4S. The van der Waals surface area contributed by atoms with Gasteiger partial charge in [-0.2, -0.15) is 0 Å². The molecule has 0 aliphatic carbocycles. The number of hydrogen-bond acceptors (Lipinski definition) is 4. The minimum absolute atomic E-state index is 0.0898. The second-order valence-electron chi connectivity index (χ2n) is 5.71. The Morgan fingerprint density at radius 1 is 1.08 bits per heavy atom. The minimum Gasteiger partial charge on any atom is -0.497 e. The van der Waals surface area contributed by atoms with Crippen molar-refractivity contribution >= 4 is 20.9 Å². The Balaban J connectivity index is 1.86. The second-order valence-corrected chi connectivity index (χ2v) is 7.48. The summed E-state index contributed by atoms with van der Waals surface area (Å²) in [6, 6.07) is 13.5. The number of aryl methyl sites for hydroxylation is 1. The molecule has 0 bridgehead atoms. The minimum atomic E-state index is -3.68. The molecule has 0 atom stereocenters. The van der Waals surface area contributed by atoms with Crippen LogP contribution in [0.3, 0.4) is 0 Å². The molecule has 6 nitrogen and oxygen atoms in total. The number of ether oxygens (including phenoxy) is 1. The van der Waals surface area contributed by atoms with Crippen LogP contribution in [0.4, 0.5) is 0 Å². The predicted molar refractivity (Wildman–Crippen MR) is 96.3 cm³/mol. The van der Waals surface area contributed by atoms with Crippen LogP contribution >= 0.6 is 0 Å². The molecule has 0 unspecified atom stereocenters. The smallest absolute Gasteiger partial charge is 0.252 e. The van der Waals surface area contributed by atoms with E-state index in [-0.39, 0.29) is 17.0 Å². The van der Waals surface area contributed by atoms with E-state index in [0.717, 1.165) is 10.9 Å². The molecule has 130 valence electrons. The van der Waals surface area contributed by atoms with Crippen molar-refractivity contribution in [3.63, 3.8) is 0 Å². The van der Waals surface area contributed by atoms with E-state index < -0.39 is 10.0 Å². The molecule has 3 aromatic rings. The van der Waals surface area contributed by atoms with Crippen LogP contribution in [0, 0.1) is 6.92 Å². The van der Waals surface area contributed by atoms with Crippen molar-refractivity contribution in [3.8, 4) is 5.75 Å². The highest BCUT2D eigenvalue weighted by molar-refractivity contribution is 7.89. The first-order valence-electron chi connectivity index (χ1n) is 7.65. The lowest BCUT2D eigenvalue weighted by atomic mass is 10.1. The zero-order valence-corrected chi connectivity index (χ0v) is 14.7. The van der Waals surface area contributed by atoms with Crippen LogP contribution in [0.25, 0.3) is 10.9 Å². The van der Waals surface area contributed by atoms with E-state index in [4.69, 9.17) is 4.74 Å². The maximum Gasteiger partial charge on any atom is 0.252 e. The van der Waals surface area contributed by atoms with Crippen LogP contribution < -0.4 is 15.0 Å². The van der Waals surface area contributed by atoms with Crippen LogP contribution in [0.2, 0.25) is 0 Å². The Labute approximate surface area is 145 Å². The average molecular weight is 358 g/mol. The van der Waals surface area contributed by atoms with Crippen LogP contribution in [0.15, 0.2) is 58.2 Å². The third kappa shape index (κ3) is 3.72. The Morgan fingerprint density at radius 2 is 1.80 bits per heavy atom. The number of benzene rings is 2. The summed E-state index contributed by atoms with van der Waals surface area (Å²) in [5.74, 6) is 0.635. The largest absolute Gasteiger partial charge is 0.497 e. The Hall–Kier alpha value is -2.64. The van der Waals surface area contributed by atoms with E-state index >= 15 is 0 Å². The zero-order valence-electron chi connectivity index (χ0n) is 13.9. The molecular weight excluding hydrogens is 340 g/mol. The molecule has 0 spiro atoms.